The molecular weight excluding hydrogens is 252 g/mol. The van der Waals surface area contributed by atoms with Gasteiger partial charge in [0.1, 0.15) is 0 Å². The predicted molar refractivity (Wildman–Crippen MR) is 61.3 cm³/mol. The van der Waals surface area contributed by atoms with Crippen molar-refractivity contribution in [1.82, 2.24) is 0 Å². The van der Waals surface area contributed by atoms with E-state index in [2.05, 4.69) is 34.0 Å². The van der Waals surface area contributed by atoms with Gasteiger partial charge in [0.2, 0.25) is 0 Å². The summed E-state index contributed by atoms with van der Waals surface area (Å²) in [6.07, 6.45) is 2.90. The fourth-order valence-electron chi connectivity index (χ4n) is 1.18. The maximum atomic E-state index is 3.76. The predicted octanol–water partition coefficient (Wildman–Crippen LogP) is 4.45. The molecule has 0 atom stereocenters. The van der Waals surface area contributed by atoms with Crippen molar-refractivity contribution in [2.45, 2.75) is 6.42 Å². The Kier molecular flexibility index (Phi) is 2.35. The van der Waals surface area contributed by atoms with Crippen LogP contribution in [-0.2, 0) is 6.42 Å². The maximum absolute atomic E-state index is 3.76. The molecule has 2 aromatic rings. The standard InChI is InChI=1S/C9H7BrS2/c1-2-3-6-7-4-5-11-9(7)12-8(6)10/h2,4-5H,1,3H2. The average Bonchev–Trinajstić information content (AvgIpc) is 2.56. The fraction of sp³-hybridized carbons (Fsp3) is 0.111. The summed E-state index contributed by atoms with van der Waals surface area (Å²) in [7, 11) is 0. The molecule has 0 aliphatic carbocycles. The van der Waals surface area contributed by atoms with E-state index in [1.807, 2.05) is 17.4 Å². The van der Waals surface area contributed by atoms with Crippen LogP contribution < -0.4 is 0 Å². The SMILES string of the molecule is C=CCc1c(Br)sc2sccc12. The Labute approximate surface area is 87.7 Å². The summed E-state index contributed by atoms with van der Waals surface area (Å²) in [5.41, 5.74) is 1.38. The molecule has 2 rings (SSSR count). The molecule has 0 nitrogen and oxygen atoms in total. The van der Waals surface area contributed by atoms with Crippen LogP contribution in [0, 0.1) is 0 Å². The Morgan fingerprint density at radius 1 is 1.58 bits per heavy atom. The topological polar surface area (TPSA) is 0 Å². The number of fused-ring (bicyclic) bond motifs is 1. The number of rotatable bonds is 2. The molecule has 3 heteroatoms. The first-order valence-corrected chi connectivity index (χ1v) is 6.07. The molecule has 0 aliphatic rings. The highest BCUT2D eigenvalue weighted by Gasteiger charge is 2.08. The van der Waals surface area contributed by atoms with Crippen molar-refractivity contribution in [2.75, 3.05) is 0 Å². The fourth-order valence-corrected chi connectivity index (χ4v) is 4.40. The second-order valence-electron chi connectivity index (χ2n) is 2.47. The quantitative estimate of drug-likeness (QED) is 0.699. The summed E-state index contributed by atoms with van der Waals surface area (Å²) < 4.78 is 2.66. The maximum Gasteiger partial charge on any atom is 0.0879 e. The molecule has 2 heterocycles. The Bertz CT molecular complexity index is 411. The second kappa shape index (κ2) is 3.32. The molecule has 2 aromatic heterocycles. The van der Waals surface area contributed by atoms with Gasteiger partial charge in [0.25, 0.3) is 0 Å². The molecule has 0 fully saturated rings. The molecule has 0 saturated heterocycles. The number of thiophene rings is 2. The highest BCUT2D eigenvalue weighted by atomic mass is 79.9. The van der Waals surface area contributed by atoms with E-state index in [1.165, 1.54) is 18.7 Å². The third-order valence-corrected chi connectivity index (χ3v) is 4.76. The van der Waals surface area contributed by atoms with E-state index in [9.17, 15) is 0 Å². The van der Waals surface area contributed by atoms with Gasteiger partial charge in [0, 0.05) is 5.39 Å². The number of halogens is 1. The van der Waals surface area contributed by atoms with E-state index in [0.29, 0.717) is 0 Å². The van der Waals surface area contributed by atoms with Gasteiger partial charge in [-0.3, -0.25) is 0 Å². The Morgan fingerprint density at radius 3 is 3.17 bits per heavy atom. The lowest BCUT2D eigenvalue weighted by Gasteiger charge is -1.91. The third kappa shape index (κ3) is 1.26. The highest BCUT2D eigenvalue weighted by Crippen LogP contribution is 2.38. The summed E-state index contributed by atoms with van der Waals surface area (Å²) in [5, 5.41) is 3.52. The van der Waals surface area contributed by atoms with Crippen LogP contribution in [0.3, 0.4) is 0 Å². The van der Waals surface area contributed by atoms with Crippen LogP contribution in [0.1, 0.15) is 5.56 Å². The van der Waals surface area contributed by atoms with E-state index in [1.54, 1.807) is 11.3 Å². The zero-order chi connectivity index (χ0) is 8.55. The monoisotopic (exact) mass is 258 g/mol. The van der Waals surface area contributed by atoms with Crippen molar-refractivity contribution >= 4 is 48.0 Å². The van der Waals surface area contributed by atoms with Crippen LogP contribution in [0.5, 0.6) is 0 Å². The first-order valence-electron chi connectivity index (χ1n) is 3.58. The Balaban J connectivity index is 2.67. The van der Waals surface area contributed by atoms with E-state index >= 15 is 0 Å². The molecule has 62 valence electrons. The van der Waals surface area contributed by atoms with Gasteiger partial charge in [-0.25, -0.2) is 0 Å². The Hall–Kier alpha value is -0.120. The first kappa shape index (κ1) is 8.48. The Morgan fingerprint density at radius 2 is 2.42 bits per heavy atom. The molecule has 12 heavy (non-hydrogen) atoms. The highest BCUT2D eigenvalue weighted by molar-refractivity contribution is 9.11. The van der Waals surface area contributed by atoms with Crippen LogP contribution in [0.15, 0.2) is 27.9 Å². The zero-order valence-corrected chi connectivity index (χ0v) is 9.56. The van der Waals surface area contributed by atoms with Crippen molar-refractivity contribution in [3.8, 4) is 0 Å². The van der Waals surface area contributed by atoms with E-state index in [4.69, 9.17) is 0 Å². The van der Waals surface area contributed by atoms with Crippen molar-refractivity contribution in [2.24, 2.45) is 0 Å². The minimum Gasteiger partial charge on any atom is -0.133 e. The number of hydrogen-bond donors (Lipinski definition) is 0. The first-order chi connectivity index (χ1) is 5.83. The summed E-state index contributed by atoms with van der Waals surface area (Å²) in [5.74, 6) is 0. The van der Waals surface area contributed by atoms with E-state index in [0.717, 1.165) is 6.42 Å². The molecule has 0 N–H and O–H groups in total. The molecule has 0 spiro atoms. The lowest BCUT2D eigenvalue weighted by Crippen LogP contribution is -1.75. The summed E-state index contributed by atoms with van der Waals surface area (Å²) in [6.45, 7) is 3.76. The van der Waals surface area contributed by atoms with Gasteiger partial charge in [0.05, 0.1) is 7.80 Å². The largest absolute Gasteiger partial charge is 0.133 e. The molecule has 0 bridgehead atoms. The van der Waals surface area contributed by atoms with Crippen LogP contribution in [0.25, 0.3) is 9.40 Å². The van der Waals surface area contributed by atoms with Crippen molar-refractivity contribution < 1.29 is 0 Å². The minimum absolute atomic E-state index is 0.956. The van der Waals surface area contributed by atoms with Crippen LogP contribution in [0.2, 0.25) is 0 Å². The van der Waals surface area contributed by atoms with Crippen molar-refractivity contribution in [3.05, 3.63) is 33.5 Å². The van der Waals surface area contributed by atoms with Gasteiger partial charge in [-0.1, -0.05) is 6.08 Å². The number of allylic oxidation sites excluding steroid dienone is 1. The molecule has 0 radical (unpaired) electrons. The van der Waals surface area contributed by atoms with Crippen LogP contribution in [0.4, 0.5) is 0 Å². The van der Waals surface area contributed by atoms with Crippen LogP contribution >= 0.6 is 38.6 Å². The molecule has 0 amide bonds. The normalized spacial score (nSPS) is 10.8. The summed E-state index contributed by atoms with van der Waals surface area (Å²) in [6, 6.07) is 2.18. The summed E-state index contributed by atoms with van der Waals surface area (Å²) >= 11 is 7.18. The van der Waals surface area contributed by atoms with Gasteiger partial charge in [0.15, 0.2) is 0 Å². The second-order valence-corrected chi connectivity index (χ2v) is 5.98. The van der Waals surface area contributed by atoms with Gasteiger partial charge < -0.3 is 0 Å². The van der Waals surface area contributed by atoms with Gasteiger partial charge in [-0.15, -0.1) is 29.3 Å². The van der Waals surface area contributed by atoms with Crippen molar-refractivity contribution in [1.29, 1.82) is 0 Å². The van der Waals surface area contributed by atoms with E-state index in [-0.39, 0.29) is 0 Å². The van der Waals surface area contributed by atoms with Crippen LogP contribution in [-0.4, -0.2) is 0 Å². The average molecular weight is 259 g/mol. The van der Waals surface area contributed by atoms with Gasteiger partial charge >= 0.3 is 0 Å². The zero-order valence-electron chi connectivity index (χ0n) is 6.34. The molecule has 0 saturated carbocycles. The van der Waals surface area contributed by atoms with E-state index < -0.39 is 0 Å². The molecule has 0 unspecified atom stereocenters. The minimum atomic E-state index is 0.956. The lowest BCUT2D eigenvalue weighted by atomic mass is 10.2. The third-order valence-electron chi connectivity index (χ3n) is 1.72. The lowest BCUT2D eigenvalue weighted by molar-refractivity contribution is 1.32. The molecule has 0 aliphatic heterocycles. The number of hydrogen-bond acceptors (Lipinski definition) is 2. The van der Waals surface area contributed by atoms with Crippen molar-refractivity contribution in [3.63, 3.8) is 0 Å². The van der Waals surface area contributed by atoms with Gasteiger partial charge in [-0.2, -0.15) is 0 Å². The smallest absolute Gasteiger partial charge is 0.0879 e. The summed E-state index contributed by atoms with van der Waals surface area (Å²) in [4.78, 5) is 0. The van der Waals surface area contributed by atoms with Gasteiger partial charge in [-0.05, 0) is 39.4 Å². The molecule has 0 aromatic carbocycles. The molecular formula is C9H7BrS2.